The number of benzene rings is 2. The molecule has 0 bridgehead atoms. The third-order valence-electron chi connectivity index (χ3n) is 8.58. The van der Waals surface area contributed by atoms with Crippen molar-refractivity contribution in [3.63, 3.8) is 0 Å². The third-order valence-corrected chi connectivity index (χ3v) is 8.58. The molecule has 4 N–H and O–H groups in total. The summed E-state index contributed by atoms with van der Waals surface area (Å²) in [6, 6.07) is 17.5. The normalized spacial score (nSPS) is 13.2. The lowest BCUT2D eigenvalue weighted by Crippen LogP contribution is -2.29. The molecule has 0 radical (unpaired) electrons. The third kappa shape index (κ3) is 7.68. The number of carbonyl (C=O) groups excluding carboxylic acids is 2. The number of aromatic nitrogens is 4. The molecule has 14 heteroatoms. The Morgan fingerprint density at radius 3 is 2.58 bits per heavy atom. The number of likely N-dealkylation sites (N-methyl/N-ethyl adjacent to an activating group) is 1. The summed E-state index contributed by atoms with van der Waals surface area (Å²) in [5, 5.41) is 12.4. The Morgan fingerprint density at radius 1 is 1.10 bits per heavy atom. The molecular formula is C38H40N8O6. The predicted molar refractivity (Wildman–Crippen MR) is 194 cm³/mol. The van der Waals surface area contributed by atoms with Crippen LogP contribution >= 0.6 is 0 Å². The van der Waals surface area contributed by atoms with Crippen molar-refractivity contribution < 1.29 is 28.2 Å². The first-order valence-corrected chi connectivity index (χ1v) is 16.6. The van der Waals surface area contributed by atoms with Gasteiger partial charge in [0.1, 0.15) is 47.5 Å². The number of nitriles is 1. The number of nitrogen functional groups attached to an aromatic ring is 1. The summed E-state index contributed by atoms with van der Waals surface area (Å²) < 4.78 is 22.8. The average molecular weight is 705 g/mol. The minimum atomic E-state index is -0.722. The highest BCUT2D eigenvalue weighted by Gasteiger charge is 2.39. The number of hydrogen-bond acceptors (Lipinski definition) is 12. The van der Waals surface area contributed by atoms with Crippen LogP contribution in [0.5, 0.6) is 5.88 Å². The largest absolute Gasteiger partial charge is 0.471 e. The number of esters is 1. The van der Waals surface area contributed by atoms with Gasteiger partial charge >= 0.3 is 12.1 Å². The molecule has 1 amide bonds. The van der Waals surface area contributed by atoms with Crippen LogP contribution in [0.25, 0.3) is 28.6 Å². The van der Waals surface area contributed by atoms with Crippen LogP contribution in [0.4, 0.5) is 16.4 Å². The van der Waals surface area contributed by atoms with Gasteiger partial charge in [-0.25, -0.2) is 14.6 Å². The van der Waals surface area contributed by atoms with E-state index in [9.17, 15) is 14.9 Å². The van der Waals surface area contributed by atoms with Crippen molar-refractivity contribution in [2.45, 2.75) is 58.8 Å². The first-order chi connectivity index (χ1) is 24.7. The van der Waals surface area contributed by atoms with Gasteiger partial charge < -0.3 is 39.6 Å². The van der Waals surface area contributed by atoms with Gasteiger partial charge in [0.05, 0.1) is 12.9 Å². The van der Waals surface area contributed by atoms with Crippen molar-refractivity contribution >= 4 is 40.9 Å². The van der Waals surface area contributed by atoms with Gasteiger partial charge in [-0.2, -0.15) is 15.2 Å². The van der Waals surface area contributed by atoms with Crippen LogP contribution < -0.4 is 20.7 Å². The van der Waals surface area contributed by atoms with Gasteiger partial charge in [-0.15, -0.1) is 0 Å². The average Bonchev–Trinajstić information content (AvgIpc) is 3.80. The Hall–Kier alpha value is -6.36. The van der Waals surface area contributed by atoms with E-state index in [0.29, 0.717) is 41.7 Å². The van der Waals surface area contributed by atoms with Crippen molar-refractivity contribution in [1.29, 1.82) is 5.26 Å². The Balaban J connectivity index is 0.988. The second-order valence-electron chi connectivity index (χ2n) is 13.9. The fourth-order valence-electron chi connectivity index (χ4n) is 5.85. The van der Waals surface area contributed by atoms with Crippen molar-refractivity contribution in [3.05, 3.63) is 88.4 Å². The summed E-state index contributed by atoms with van der Waals surface area (Å²) in [6.45, 7) is 10.7. The molecule has 0 fully saturated rings. The number of amides is 1. The van der Waals surface area contributed by atoms with E-state index in [2.05, 4.69) is 45.2 Å². The minimum Gasteiger partial charge on any atom is -0.471 e. The molecule has 52 heavy (non-hydrogen) atoms. The second-order valence-corrected chi connectivity index (χ2v) is 13.9. The number of fused-ring (bicyclic) bond motifs is 4. The smallest absolute Gasteiger partial charge is 0.407 e. The maximum atomic E-state index is 12.5. The summed E-state index contributed by atoms with van der Waals surface area (Å²) >= 11 is 0. The maximum absolute atomic E-state index is 12.5. The molecule has 0 unspecified atom stereocenters. The number of ether oxygens (including phenoxy) is 3. The van der Waals surface area contributed by atoms with Gasteiger partial charge in [-0.3, -0.25) is 0 Å². The van der Waals surface area contributed by atoms with Crippen molar-refractivity contribution in [2.24, 2.45) is 0 Å². The topological polar surface area (TPSA) is 195 Å². The molecule has 0 atom stereocenters. The summed E-state index contributed by atoms with van der Waals surface area (Å²) in [5.74, 6) is 0.818. The van der Waals surface area contributed by atoms with Crippen molar-refractivity contribution in [2.75, 3.05) is 30.8 Å². The van der Waals surface area contributed by atoms with E-state index < -0.39 is 23.1 Å². The lowest BCUT2D eigenvalue weighted by Gasteiger charge is -2.24. The van der Waals surface area contributed by atoms with E-state index in [4.69, 9.17) is 24.4 Å². The molecule has 3 aromatic heterocycles. The molecular weight excluding hydrogens is 664 g/mol. The molecule has 1 aliphatic rings. The van der Waals surface area contributed by atoms with Gasteiger partial charge in [0, 0.05) is 41.9 Å². The van der Waals surface area contributed by atoms with Gasteiger partial charge in [-0.1, -0.05) is 38.1 Å². The molecule has 0 saturated carbocycles. The number of nitrogens with two attached hydrogens (primary N) is 1. The Kier molecular flexibility index (Phi) is 9.62. The maximum Gasteiger partial charge on any atom is 0.407 e. The van der Waals surface area contributed by atoms with Crippen molar-refractivity contribution in [1.82, 2.24) is 25.3 Å². The fourth-order valence-corrected chi connectivity index (χ4v) is 5.85. The standard InChI is InChI=1S/C38H40N8O6/c1-37(2,3)52-34(47)24(18-39)15-26-17-29-31(51-26)27-12-11-25(16-28(27)38(29,4)5)46(6)13-14-49-36(48)41-19-22-7-9-23(10-8-22)20-50-33-30-32(43-21-42-30)44-35(40)45-33/h7-12,15-17,21H,13-14,19-20H2,1-6H3,(H,41,48)(H3,40,42,43,44,45)/b24-15+. The van der Waals surface area contributed by atoms with Crippen LogP contribution in [0.15, 0.2) is 64.8 Å². The lowest BCUT2D eigenvalue weighted by atomic mass is 9.82. The van der Waals surface area contributed by atoms with Crippen LogP contribution in [-0.4, -0.2) is 57.8 Å². The predicted octanol–water partition coefficient (Wildman–Crippen LogP) is 6.02. The van der Waals surface area contributed by atoms with Crippen LogP contribution in [0.3, 0.4) is 0 Å². The van der Waals surface area contributed by atoms with Gasteiger partial charge in [0.25, 0.3) is 0 Å². The van der Waals surface area contributed by atoms with Crippen LogP contribution in [0.2, 0.25) is 0 Å². The van der Waals surface area contributed by atoms with Crippen LogP contribution in [-0.2, 0) is 32.8 Å². The number of carbonyl (C=O) groups is 2. The van der Waals surface area contributed by atoms with Crippen molar-refractivity contribution in [3.8, 4) is 23.3 Å². The minimum absolute atomic E-state index is 0.0801. The summed E-state index contributed by atoms with van der Waals surface area (Å²) in [5.41, 5.74) is 11.3. The number of nitrogens with one attached hydrogen (secondary N) is 2. The molecule has 0 aliphatic heterocycles. The highest BCUT2D eigenvalue weighted by atomic mass is 16.6. The molecule has 1 aliphatic carbocycles. The first-order valence-electron chi connectivity index (χ1n) is 16.6. The molecule has 0 saturated heterocycles. The first kappa shape index (κ1) is 35.5. The van der Waals surface area contributed by atoms with Crippen LogP contribution in [0.1, 0.15) is 62.6 Å². The van der Waals surface area contributed by atoms with Gasteiger partial charge in [-0.05, 0) is 61.7 Å². The molecule has 5 aromatic rings. The van der Waals surface area contributed by atoms with E-state index in [1.807, 2.05) is 60.5 Å². The molecule has 6 rings (SSSR count). The zero-order valence-electron chi connectivity index (χ0n) is 29.9. The molecule has 14 nitrogen and oxygen atoms in total. The Labute approximate surface area is 300 Å². The number of H-pyrrole nitrogens is 1. The monoisotopic (exact) mass is 704 g/mol. The van der Waals surface area contributed by atoms with Gasteiger partial charge in [0.2, 0.25) is 11.8 Å². The molecule has 268 valence electrons. The fraction of sp³-hybridized carbons (Fsp3) is 0.316. The number of anilines is 2. The van der Waals surface area contributed by atoms with E-state index in [-0.39, 0.29) is 24.7 Å². The zero-order valence-corrected chi connectivity index (χ0v) is 29.9. The Morgan fingerprint density at radius 2 is 1.85 bits per heavy atom. The summed E-state index contributed by atoms with van der Waals surface area (Å²) in [4.78, 5) is 42.2. The quantitative estimate of drug-likeness (QED) is 0.0823. The SMILES string of the molecule is CN(CCOC(=O)NCc1ccc(COc2nc(N)nc3nc[nH]c23)cc1)c1ccc2c(c1)C(C)(C)c1cc(/C=C(\C#N)C(=O)OC(C)(C)C)oc1-2. The zero-order chi connectivity index (χ0) is 37.2. The lowest BCUT2D eigenvalue weighted by molar-refractivity contribution is -0.149. The number of nitrogens with zero attached hydrogens (tertiary/aromatic N) is 5. The van der Waals surface area contributed by atoms with E-state index in [0.717, 1.165) is 33.5 Å². The second kappa shape index (κ2) is 14.1. The highest BCUT2D eigenvalue weighted by molar-refractivity contribution is 5.98. The number of alkyl carbamates (subject to hydrolysis) is 1. The summed E-state index contributed by atoms with van der Waals surface area (Å²) in [7, 11) is 1.94. The number of rotatable bonds is 11. The highest BCUT2D eigenvalue weighted by Crippen LogP contribution is 2.51. The number of imidazole rings is 1. The molecule has 0 spiro atoms. The van der Waals surface area contributed by atoms with E-state index in [1.54, 1.807) is 20.8 Å². The Bertz CT molecular complexity index is 2200. The number of aromatic amines is 1. The van der Waals surface area contributed by atoms with Crippen LogP contribution in [0, 0.1) is 11.3 Å². The van der Waals surface area contributed by atoms with Gasteiger partial charge in [0.15, 0.2) is 5.65 Å². The molecule has 3 heterocycles. The molecule has 2 aromatic carbocycles. The van der Waals surface area contributed by atoms with E-state index >= 15 is 0 Å². The van der Waals surface area contributed by atoms with E-state index in [1.165, 1.54) is 12.4 Å². The number of hydrogen-bond donors (Lipinski definition) is 3. The number of furan rings is 1. The summed E-state index contributed by atoms with van der Waals surface area (Å²) in [6.07, 6.45) is 2.41.